The van der Waals surface area contributed by atoms with Gasteiger partial charge in [-0.2, -0.15) is 0 Å². The summed E-state index contributed by atoms with van der Waals surface area (Å²) >= 11 is 1.31. The Balaban J connectivity index is 2.37. The van der Waals surface area contributed by atoms with Crippen molar-refractivity contribution in [2.24, 2.45) is 5.16 Å². The molecular weight excluding hydrogens is 290 g/mol. The largest absolute Gasteiger partial charge is 0.435 e. The summed E-state index contributed by atoms with van der Waals surface area (Å²) in [6.45, 7) is 2.84. The summed E-state index contributed by atoms with van der Waals surface area (Å²) in [7, 11) is 3.17. The molecule has 0 bridgehead atoms. The minimum absolute atomic E-state index is 0.0354. The van der Waals surface area contributed by atoms with E-state index in [1.165, 1.54) is 42.3 Å². The topological polar surface area (TPSA) is 62.2 Å². The van der Waals surface area contributed by atoms with Gasteiger partial charge < -0.3 is 4.90 Å². The van der Waals surface area contributed by atoms with Crippen LogP contribution < -0.4 is 0 Å². The number of amidine groups is 1. The van der Waals surface area contributed by atoms with E-state index in [1.807, 2.05) is 0 Å². The molecule has 0 aromatic rings. The van der Waals surface area contributed by atoms with Crippen molar-refractivity contribution in [1.82, 2.24) is 9.80 Å². The zero-order valence-electron chi connectivity index (χ0n) is 13.1. The van der Waals surface area contributed by atoms with Crippen LogP contribution >= 0.6 is 11.8 Å². The molecule has 1 saturated heterocycles. The van der Waals surface area contributed by atoms with Gasteiger partial charge in [-0.25, -0.2) is 4.79 Å². The van der Waals surface area contributed by atoms with Gasteiger partial charge in [0, 0.05) is 20.6 Å². The number of hydrogen-bond acceptors (Lipinski definition) is 5. The lowest BCUT2D eigenvalue weighted by Crippen LogP contribution is -2.31. The number of nitrogens with zero attached hydrogens (tertiary/aromatic N) is 3. The molecule has 1 aliphatic rings. The molecule has 0 spiro atoms. The summed E-state index contributed by atoms with van der Waals surface area (Å²) < 4.78 is 0. The van der Waals surface area contributed by atoms with Crippen LogP contribution in [0.5, 0.6) is 0 Å². The molecular formula is C14H25N3O3S. The number of hydrogen-bond donors (Lipinski definition) is 0. The molecule has 0 radical (unpaired) electrons. The molecule has 1 heterocycles. The molecule has 1 fully saturated rings. The van der Waals surface area contributed by atoms with Crippen molar-refractivity contribution < 1.29 is 14.4 Å². The average molecular weight is 315 g/mol. The van der Waals surface area contributed by atoms with Gasteiger partial charge in [-0.15, -0.1) is 0 Å². The third kappa shape index (κ3) is 6.37. The van der Waals surface area contributed by atoms with Crippen LogP contribution in [0.2, 0.25) is 0 Å². The molecule has 0 unspecified atom stereocenters. The third-order valence-corrected chi connectivity index (χ3v) is 4.10. The monoisotopic (exact) mass is 315 g/mol. The van der Waals surface area contributed by atoms with Crippen molar-refractivity contribution in [2.75, 3.05) is 26.4 Å². The van der Waals surface area contributed by atoms with E-state index in [0.717, 1.165) is 12.8 Å². The van der Waals surface area contributed by atoms with Crippen LogP contribution in [0.25, 0.3) is 0 Å². The van der Waals surface area contributed by atoms with Gasteiger partial charge in [0.25, 0.3) is 0 Å². The van der Waals surface area contributed by atoms with Gasteiger partial charge in [0.05, 0.1) is 5.75 Å². The highest BCUT2D eigenvalue weighted by Gasteiger charge is 2.28. The van der Waals surface area contributed by atoms with E-state index in [2.05, 4.69) is 12.1 Å². The van der Waals surface area contributed by atoms with Gasteiger partial charge in [0.15, 0.2) is 0 Å². The van der Waals surface area contributed by atoms with Crippen LogP contribution in [-0.2, 0) is 9.63 Å². The van der Waals surface area contributed by atoms with Crippen LogP contribution in [0.4, 0.5) is 4.79 Å². The van der Waals surface area contributed by atoms with Gasteiger partial charge in [0.1, 0.15) is 0 Å². The number of rotatable bonds is 8. The van der Waals surface area contributed by atoms with Crippen molar-refractivity contribution in [2.45, 2.75) is 45.4 Å². The molecule has 21 heavy (non-hydrogen) atoms. The molecule has 0 aromatic carbocycles. The summed E-state index contributed by atoms with van der Waals surface area (Å²) in [5.41, 5.74) is 0. The van der Waals surface area contributed by atoms with Gasteiger partial charge >= 0.3 is 6.09 Å². The first-order chi connectivity index (χ1) is 10.1. The van der Waals surface area contributed by atoms with E-state index < -0.39 is 6.09 Å². The Kier molecular flexibility index (Phi) is 8.19. The molecule has 6 nitrogen and oxygen atoms in total. The average Bonchev–Trinajstić information content (AvgIpc) is 2.80. The van der Waals surface area contributed by atoms with Crippen LogP contribution in [0, 0.1) is 0 Å². The Hall–Kier alpha value is -1.24. The Bertz CT molecular complexity index is 386. The maximum atomic E-state index is 11.8. The van der Waals surface area contributed by atoms with Gasteiger partial charge in [0.2, 0.25) is 11.1 Å². The standard InChI is InChI=1S/C14H25N3O3S/c1-4-5-6-7-8-9-10-17-12(18)11-21-13(17)15-20-14(19)16(2)3/h4-11H2,1-3H3. The highest BCUT2D eigenvalue weighted by atomic mass is 32.2. The SMILES string of the molecule is CCCCCCCCN1C(=O)CSC1=NOC(=O)N(C)C. The number of oxime groups is 1. The quantitative estimate of drug-likeness (QED) is 0.392. The predicted molar refractivity (Wildman–Crippen MR) is 85.2 cm³/mol. The highest BCUT2D eigenvalue weighted by molar-refractivity contribution is 8.15. The fourth-order valence-corrected chi connectivity index (χ4v) is 2.74. The van der Waals surface area contributed by atoms with E-state index >= 15 is 0 Å². The van der Waals surface area contributed by atoms with E-state index in [4.69, 9.17) is 4.84 Å². The molecule has 7 heteroatoms. The second-order valence-corrected chi connectivity index (χ2v) is 6.17. The normalized spacial score (nSPS) is 16.6. The maximum Gasteiger partial charge on any atom is 0.435 e. The van der Waals surface area contributed by atoms with Crippen molar-refractivity contribution in [3.05, 3.63) is 0 Å². The summed E-state index contributed by atoms with van der Waals surface area (Å²) in [5.74, 6) is 0.405. The molecule has 2 amide bonds. The van der Waals surface area contributed by atoms with Crippen molar-refractivity contribution >= 4 is 28.9 Å². The number of carbonyl (C=O) groups excluding carboxylic acids is 2. The fourth-order valence-electron chi connectivity index (χ4n) is 1.89. The molecule has 0 saturated carbocycles. The third-order valence-electron chi connectivity index (χ3n) is 3.16. The number of amides is 2. The van der Waals surface area contributed by atoms with E-state index in [0.29, 0.717) is 17.5 Å². The number of unbranched alkanes of at least 4 members (excludes halogenated alkanes) is 5. The Morgan fingerprint density at radius 1 is 1.29 bits per heavy atom. The first kappa shape index (κ1) is 17.8. The van der Waals surface area contributed by atoms with Crippen molar-refractivity contribution in [1.29, 1.82) is 0 Å². The van der Waals surface area contributed by atoms with Gasteiger partial charge in [-0.3, -0.25) is 14.5 Å². The van der Waals surface area contributed by atoms with Crippen LogP contribution in [-0.4, -0.2) is 53.4 Å². The van der Waals surface area contributed by atoms with Crippen LogP contribution in [0.15, 0.2) is 5.16 Å². The highest BCUT2D eigenvalue weighted by Crippen LogP contribution is 2.20. The lowest BCUT2D eigenvalue weighted by Gasteiger charge is -2.15. The fraction of sp³-hybridized carbons (Fsp3) is 0.786. The van der Waals surface area contributed by atoms with Crippen molar-refractivity contribution in [3.63, 3.8) is 0 Å². The van der Waals surface area contributed by atoms with Crippen LogP contribution in [0.3, 0.4) is 0 Å². The zero-order valence-corrected chi connectivity index (χ0v) is 13.9. The van der Waals surface area contributed by atoms with Gasteiger partial charge in [-0.1, -0.05) is 50.8 Å². The zero-order chi connectivity index (χ0) is 15.7. The number of thioether (sulfide) groups is 1. The lowest BCUT2D eigenvalue weighted by atomic mass is 10.1. The van der Waals surface area contributed by atoms with E-state index in [9.17, 15) is 9.59 Å². The Labute approximate surface area is 130 Å². The van der Waals surface area contributed by atoms with Crippen LogP contribution in [0.1, 0.15) is 45.4 Å². The number of carbonyl (C=O) groups is 2. The molecule has 1 aliphatic heterocycles. The summed E-state index contributed by atoms with van der Waals surface area (Å²) in [6.07, 6.45) is 6.48. The molecule has 0 atom stereocenters. The summed E-state index contributed by atoms with van der Waals surface area (Å²) in [6, 6.07) is 0. The summed E-state index contributed by atoms with van der Waals surface area (Å²) in [4.78, 5) is 30.8. The first-order valence-corrected chi connectivity index (χ1v) is 8.44. The predicted octanol–water partition coefficient (Wildman–Crippen LogP) is 2.89. The van der Waals surface area contributed by atoms with Gasteiger partial charge in [-0.05, 0) is 11.6 Å². The lowest BCUT2D eigenvalue weighted by molar-refractivity contribution is -0.124. The van der Waals surface area contributed by atoms with E-state index in [-0.39, 0.29) is 5.91 Å². The second kappa shape index (κ2) is 9.65. The molecule has 0 N–H and O–H groups in total. The molecule has 1 rings (SSSR count). The Morgan fingerprint density at radius 2 is 1.95 bits per heavy atom. The maximum absolute atomic E-state index is 11.8. The minimum atomic E-state index is -0.540. The minimum Gasteiger partial charge on any atom is -0.312 e. The first-order valence-electron chi connectivity index (χ1n) is 7.45. The molecule has 0 aromatic heterocycles. The molecule has 0 aliphatic carbocycles. The summed E-state index contributed by atoms with van der Waals surface area (Å²) in [5, 5.41) is 4.29. The van der Waals surface area contributed by atoms with Crippen molar-refractivity contribution in [3.8, 4) is 0 Å². The Morgan fingerprint density at radius 3 is 2.62 bits per heavy atom. The van der Waals surface area contributed by atoms with E-state index in [1.54, 1.807) is 19.0 Å². The second-order valence-electron chi connectivity index (χ2n) is 5.23. The smallest absolute Gasteiger partial charge is 0.312 e. The molecule has 120 valence electrons.